The lowest BCUT2D eigenvalue weighted by Crippen LogP contribution is -2.40. The summed E-state index contributed by atoms with van der Waals surface area (Å²) in [5.74, 6) is 0. The van der Waals surface area contributed by atoms with Gasteiger partial charge in [0, 0.05) is 24.8 Å². The van der Waals surface area contributed by atoms with Gasteiger partial charge in [0.1, 0.15) is 0 Å². The predicted molar refractivity (Wildman–Crippen MR) is 66.9 cm³/mol. The number of aryl methyl sites for hydroxylation is 1. The maximum absolute atomic E-state index is 9.25. The highest BCUT2D eigenvalue weighted by Crippen LogP contribution is 2.17. The lowest BCUT2D eigenvalue weighted by atomic mass is 10.2. The number of aliphatic hydroxyl groups excluding tert-OH is 1. The summed E-state index contributed by atoms with van der Waals surface area (Å²) in [5, 5.41) is 12.6. The van der Waals surface area contributed by atoms with E-state index in [0.717, 1.165) is 26.1 Å². The molecule has 1 aromatic rings. The van der Waals surface area contributed by atoms with Crippen molar-refractivity contribution < 1.29 is 5.11 Å². The van der Waals surface area contributed by atoms with E-state index in [4.69, 9.17) is 0 Å². The summed E-state index contributed by atoms with van der Waals surface area (Å²) in [6.07, 6.45) is 1.13. The molecule has 1 heterocycles. The molecule has 1 fully saturated rings. The van der Waals surface area contributed by atoms with Crippen LogP contribution in [0.25, 0.3) is 0 Å². The highest BCUT2D eigenvalue weighted by Gasteiger charge is 2.16. The maximum Gasteiger partial charge on any atom is 0.0601 e. The molecule has 1 aromatic carbocycles. The molecule has 2 N–H and O–H groups in total. The van der Waals surface area contributed by atoms with Crippen LogP contribution >= 0.6 is 0 Å². The van der Waals surface area contributed by atoms with Crippen molar-refractivity contribution in [1.82, 2.24) is 5.32 Å². The summed E-state index contributed by atoms with van der Waals surface area (Å²) in [4.78, 5) is 2.36. The lowest BCUT2D eigenvalue weighted by molar-refractivity contribution is 0.248. The van der Waals surface area contributed by atoms with Gasteiger partial charge in [-0.1, -0.05) is 12.1 Å². The summed E-state index contributed by atoms with van der Waals surface area (Å²) in [6, 6.07) is 8.76. The van der Waals surface area contributed by atoms with Crippen LogP contribution in [-0.2, 0) is 0 Å². The van der Waals surface area contributed by atoms with Crippen LogP contribution in [0.15, 0.2) is 24.3 Å². The summed E-state index contributed by atoms with van der Waals surface area (Å²) in [6.45, 7) is 5.27. The zero-order chi connectivity index (χ0) is 11.4. The van der Waals surface area contributed by atoms with Crippen LogP contribution in [0.5, 0.6) is 0 Å². The molecular weight excluding hydrogens is 200 g/mol. The second-order valence-corrected chi connectivity index (χ2v) is 4.47. The van der Waals surface area contributed by atoms with Gasteiger partial charge in [-0.3, -0.25) is 0 Å². The van der Waals surface area contributed by atoms with E-state index in [0.29, 0.717) is 0 Å². The van der Waals surface area contributed by atoms with Gasteiger partial charge in [-0.15, -0.1) is 0 Å². The third-order valence-electron chi connectivity index (χ3n) is 3.07. The number of benzene rings is 1. The minimum Gasteiger partial charge on any atom is -0.395 e. The van der Waals surface area contributed by atoms with E-state index in [1.165, 1.54) is 11.3 Å². The molecule has 3 heteroatoms. The molecule has 1 unspecified atom stereocenters. The van der Waals surface area contributed by atoms with Gasteiger partial charge in [-0.2, -0.15) is 0 Å². The van der Waals surface area contributed by atoms with Crippen LogP contribution in [0.1, 0.15) is 12.0 Å². The smallest absolute Gasteiger partial charge is 0.0601 e. The van der Waals surface area contributed by atoms with Crippen LogP contribution in [0.4, 0.5) is 5.69 Å². The Balaban J connectivity index is 2.12. The van der Waals surface area contributed by atoms with Gasteiger partial charge in [0.05, 0.1) is 6.61 Å². The van der Waals surface area contributed by atoms with Crippen LogP contribution < -0.4 is 10.2 Å². The van der Waals surface area contributed by atoms with E-state index in [2.05, 4.69) is 41.4 Å². The van der Waals surface area contributed by atoms with Crippen molar-refractivity contribution in [2.45, 2.75) is 19.4 Å². The fourth-order valence-electron chi connectivity index (χ4n) is 2.18. The van der Waals surface area contributed by atoms with Gasteiger partial charge >= 0.3 is 0 Å². The number of aliphatic hydroxyl groups is 1. The first kappa shape index (κ1) is 11.4. The van der Waals surface area contributed by atoms with E-state index >= 15 is 0 Å². The molecule has 1 aliphatic heterocycles. The molecule has 1 aliphatic rings. The van der Waals surface area contributed by atoms with E-state index < -0.39 is 0 Å². The second-order valence-electron chi connectivity index (χ2n) is 4.47. The average molecular weight is 220 g/mol. The molecule has 88 valence electrons. The molecule has 0 amide bonds. The molecule has 0 saturated carbocycles. The molecular formula is C13H20N2O. The highest BCUT2D eigenvalue weighted by molar-refractivity contribution is 5.48. The van der Waals surface area contributed by atoms with Crippen molar-refractivity contribution in [3.63, 3.8) is 0 Å². The normalized spacial score (nSPS) is 21.9. The van der Waals surface area contributed by atoms with Gasteiger partial charge < -0.3 is 15.3 Å². The number of rotatable bonds is 2. The van der Waals surface area contributed by atoms with Crippen LogP contribution in [-0.4, -0.2) is 37.4 Å². The van der Waals surface area contributed by atoms with Gasteiger partial charge in [0.2, 0.25) is 0 Å². The summed E-state index contributed by atoms with van der Waals surface area (Å²) < 4.78 is 0. The van der Waals surface area contributed by atoms with Crippen molar-refractivity contribution in [3.8, 4) is 0 Å². The predicted octanol–water partition coefficient (Wildman–Crippen LogP) is 1.16. The summed E-state index contributed by atoms with van der Waals surface area (Å²) >= 11 is 0. The first-order chi connectivity index (χ1) is 7.79. The molecule has 1 saturated heterocycles. The number of nitrogens with one attached hydrogen (secondary N) is 1. The summed E-state index contributed by atoms with van der Waals surface area (Å²) in [5.41, 5.74) is 2.55. The fourth-order valence-corrected chi connectivity index (χ4v) is 2.18. The third-order valence-corrected chi connectivity index (χ3v) is 3.07. The van der Waals surface area contributed by atoms with Gasteiger partial charge in [-0.25, -0.2) is 0 Å². The largest absolute Gasteiger partial charge is 0.395 e. The van der Waals surface area contributed by atoms with Crippen molar-refractivity contribution >= 4 is 5.69 Å². The highest BCUT2D eigenvalue weighted by atomic mass is 16.3. The Morgan fingerprint density at radius 2 is 2.38 bits per heavy atom. The lowest BCUT2D eigenvalue weighted by Gasteiger charge is -2.25. The maximum atomic E-state index is 9.25. The van der Waals surface area contributed by atoms with E-state index in [9.17, 15) is 5.11 Å². The topological polar surface area (TPSA) is 35.5 Å². The first-order valence-corrected chi connectivity index (χ1v) is 5.95. The number of hydrogen-bond donors (Lipinski definition) is 2. The van der Waals surface area contributed by atoms with Crippen LogP contribution in [0, 0.1) is 6.92 Å². The Morgan fingerprint density at radius 3 is 3.12 bits per heavy atom. The Hall–Kier alpha value is -1.06. The van der Waals surface area contributed by atoms with Crippen molar-refractivity contribution in [3.05, 3.63) is 29.8 Å². The molecule has 0 spiro atoms. The quantitative estimate of drug-likeness (QED) is 0.785. The second kappa shape index (κ2) is 5.32. The first-order valence-electron chi connectivity index (χ1n) is 5.95. The minimum absolute atomic E-state index is 0.197. The van der Waals surface area contributed by atoms with Gasteiger partial charge in [-0.05, 0) is 37.6 Å². The molecule has 0 aromatic heterocycles. The Morgan fingerprint density at radius 1 is 1.50 bits per heavy atom. The molecule has 3 nitrogen and oxygen atoms in total. The Labute approximate surface area is 97.1 Å². The van der Waals surface area contributed by atoms with E-state index in [-0.39, 0.29) is 12.6 Å². The average Bonchev–Trinajstić information content (AvgIpc) is 2.54. The monoisotopic (exact) mass is 220 g/mol. The Bertz CT molecular complexity index is 340. The standard InChI is InChI=1S/C13H20N2O/c1-11-4-2-5-13(8-11)15-7-3-6-14-12(9-15)10-16/h2,4-5,8,12,14,16H,3,6-7,9-10H2,1H3. The molecule has 1 atom stereocenters. The zero-order valence-corrected chi connectivity index (χ0v) is 9.82. The number of hydrogen-bond acceptors (Lipinski definition) is 3. The zero-order valence-electron chi connectivity index (χ0n) is 9.82. The minimum atomic E-state index is 0.197. The number of anilines is 1. The fraction of sp³-hybridized carbons (Fsp3) is 0.538. The van der Waals surface area contributed by atoms with Crippen molar-refractivity contribution in [2.75, 3.05) is 31.1 Å². The third kappa shape index (κ3) is 2.74. The van der Waals surface area contributed by atoms with Crippen LogP contribution in [0.3, 0.4) is 0 Å². The number of nitrogens with zero attached hydrogens (tertiary/aromatic N) is 1. The van der Waals surface area contributed by atoms with E-state index in [1.807, 2.05) is 0 Å². The van der Waals surface area contributed by atoms with Gasteiger partial charge in [0.15, 0.2) is 0 Å². The summed E-state index contributed by atoms with van der Waals surface area (Å²) in [7, 11) is 0. The Kier molecular flexibility index (Phi) is 3.80. The van der Waals surface area contributed by atoms with E-state index in [1.54, 1.807) is 0 Å². The van der Waals surface area contributed by atoms with Crippen LogP contribution in [0.2, 0.25) is 0 Å². The molecule has 16 heavy (non-hydrogen) atoms. The van der Waals surface area contributed by atoms with Crippen molar-refractivity contribution in [1.29, 1.82) is 0 Å². The molecule has 2 rings (SSSR count). The molecule has 0 bridgehead atoms. The van der Waals surface area contributed by atoms with Gasteiger partial charge in [0.25, 0.3) is 0 Å². The molecule has 0 radical (unpaired) electrons. The molecule has 0 aliphatic carbocycles. The SMILES string of the molecule is Cc1cccc(N2CCCNC(CO)C2)c1. The van der Waals surface area contributed by atoms with Crippen molar-refractivity contribution in [2.24, 2.45) is 0 Å².